The number of hydrogen-bond donors (Lipinski definition) is 0. The highest BCUT2D eigenvalue weighted by Gasteiger charge is 2.25. The van der Waals surface area contributed by atoms with E-state index in [2.05, 4.69) is 9.88 Å². The van der Waals surface area contributed by atoms with Crippen molar-refractivity contribution in [3.8, 4) is 5.82 Å². The molecule has 4 rings (SSSR count). The van der Waals surface area contributed by atoms with Crippen molar-refractivity contribution in [1.82, 2.24) is 9.55 Å². The van der Waals surface area contributed by atoms with Crippen LogP contribution in [0.2, 0.25) is 0 Å². The fourth-order valence-electron chi connectivity index (χ4n) is 3.03. The molecule has 1 amide bonds. The smallest absolute Gasteiger partial charge is 0.259 e. The maximum atomic E-state index is 12.9. The summed E-state index contributed by atoms with van der Waals surface area (Å²) >= 11 is 0. The van der Waals surface area contributed by atoms with Gasteiger partial charge in [-0.2, -0.15) is 0 Å². The highest BCUT2D eigenvalue weighted by Crippen LogP contribution is 2.32. The van der Waals surface area contributed by atoms with Gasteiger partial charge < -0.3 is 14.4 Å². The second kappa shape index (κ2) is 5.85. The number of pyridine rings is 1. The zero-order valence-corrected chi connectivity index (χ0v) is 13.5. The summed E-state index contributed by atoms with van der Waals surface area (Å²) in [6.45, 7) is 1.49. The highest BCUT2D eigenvalue weighted by molar-refractivity contribution is 6.08. The van der Waals surface area contributed by atoms with E-state index in [0.717, 1.165) is 23.7 Å². The van der Waals surface area contributed by atoms with Gasteiger partial charge in [0.2, 0.25) is 0 Å². The van der Waals surface area contributed by atoms with Crippen LogP contribution in [0.25, 0.3) is 5.82 Å². The lowest BCUT2D eigenvalue weighted by Crippen LogP contribution is -2.42. The Bertz CT molecular complexity index is 855. The minimum atomic E-state index is -0.0119. The number of likely N-dealkylation sites (N-methyl/N-ethyl adjacent to an activating group) is 1. The van der Waals surface area contributed by atoms with E-state index in [9.17, 15) is 4.79 Å². The van der Waals surface area contributed by atoms with Crippen LogP contribution in [0.15, 0.2) is 67.1 Å². The third-order valence-corrected chi connectivity index (χ3v) is 4.35. The average Bonchev–Trinajstić information content (AvgIpc) is 3.17. The van der Waals surface area contributed by atoms with Crippen LogP contribution in [0, 0.1) is 0 Å². The van der Waals surface area contributed by atoms with Crippen molar-refractivity contribution in [3.63, 3.8) is 0 Å². The molecule has 0 unspecified atom stereocenters. The Hall–Kier alpha value is -3.08. The number of benzene rings is 1. The maximum Gasteiger partial charge on any atom is 0.259 e. The van der Waals surface area contributed by atoms with E-state index in [1.54, 1.807) is 6.20 Å². The van der Waals surface area contributed by atoms with Gasteiger partial charge >= 0.3 is 0 Å². The van der Waals surface area contributed by atoms with E-state index < -0.39 is 0 Å². The highest BCUT2D eigenvalue weighted by atomic mass is 16.2. The summed E-state index contributed by atoms with van der Waals surface area (Å²) in [5.41, 5.74) is 2.63. The number of anilines is 2. The minimum absolute atomic E-state index is 0.0119. The predicted octanol–water partition coefficient (Wildman–Crippen LogP) is 2.97. The van der Waals surface area contributed by atoms with Crippen LogP contribution in [0.5, 0.6) is 0 Å². The van der Waals surface area contributed by atoms with Crippen molar-refractivity contribution in [3.05, 3.63) is 72.7 Å². The minimum Gasteiger partial charge on any atom is -0.371 e. The fraction of sp³-hybridized carbons (Fsp3) is 0.158. The maximum absolute atomic E-state index is 12.9. The molecular weight excluding hydrogens is 300 g/mol. The van der Waals surface area contributed by atoms with Crippen LogP contribution in [0.3, 0.4) is 0 Å². The SMILES string of the molecule is CN1CCN(C(=O)c2ccc(-n3cccc3)nc2)c2ccccc21. The summed E-state index contributed by atoms with van der Waals surface area (Å²) in [4.78, 5) is 21.3. The number of rotatable bonds is 2. The summed E-state index contributed by atoms with van der Waals surface area (Å²) in [5.74, 6) is 0.789. The molecule has 0 radical (unpaired) electrons. The van der Waals surface area contributed by atoms with E-state index in [1.165, 1.54) is 0 Å². The number of amides is 1. The largest absolute Gasteiger partial charge is 0.371 e. The van der Waals surface area contributed by atoms with Crippen molar-refractivity contribution in [1.29, 1.82) is 0 Å². The third-order valence-electron chi connectivity index (χ3n) is 4.35. The molecule has 0 aliphatic carbocycles. The first kappa shape index (κ1) is 14.5. The first-order valence-corrected chi connectivity index (χ1v) is 7.95. The van der Waals surface area contributed by atoms with Crippen LogP contribution in [-0.4, -0.2) is 35.6 Å². The van der Waals surface area contributed by atoms with Gasteiger partial charge in [-0.25, -0.2) is 4.98 Å². The molecule has 24 heavy (non-hydrogen) atoms. The van der Waals surface area contributed by atoms with Gasteiger partial charge in [-0.15, -0.1) is 0 Å². The Morgan fingerprint density at radius 3 is 2.42 bits per heavy atom. The van der Waals surface area contributed by atoms with Gasteiger partial charge in [0.05, 0.1) is 16.9 Å². The Kier molecular flexibility index (Phi) is 3.54. The van der Waals surface area contributed by atoms with Gasteiger partial charge in [-0.1, -0.05) is 12.1 Å². The molecule has 0 saturated heterocycles. The predicted molar refractivity (Wildman–Crippen MR) is 95.0 cm³/mol. The molecule has 3 aromatic rings. The van der Waals surface area contributed by atoms with E-state index in [1.807, 2.05) is 77.4 Å². The molecular formula is C19H18N4O. The molecule has 0 spiro atoms. The molecule has 1 aliphatic rings. The van der Waals surface area contributed by atoms with Crippen LogP contribution in [0.1, 0.15) is 10.4 Å². The summed E-state index contributed by atoms with van der Waals surface area (Å²) in [6.07, 6.45) is 5.51. The van der Waals surface area contributed by atoms with Crippen LogP contribution >= 0.6 is 0 Å². The Labute approximate surface area is 140 Å². The van der Waals surface area contributed by atoms with E-state index in [0.29, 0.717) is 12.1 Å². The quantitative estimate of drug-likeness (QED) is 0.729. The van der Waals surface area contributed by atoms with Crippen molar-refractivity contribution >= 4 is 17.3 Å². The Morgan fingerprint density at radius 2 is 1.71 bits per heavy atom. The van der Waals surface area contributed by atoms with Crippen molar-refractivity contribution in [2.75, 3.05) is 29.9 Å². The number of para-hydroxylation sites is 2. The molecule has 1 aliphatic heterocycles. The fourth-order valence-corrected chi connectivity index (χ4v) is 3.03. The first-order chi connectivity index (χ1) is 11.7. The summed E-state index contributed by atoms with van der Waals surface area (Å²) < 4.78 is 1.92. The summed E-state index contributed by atoms with van der Waals surface area (Å²) in [7, 11) is 2.05. The lowest BCUT2D eigenvalue weighted by Gasteiger charge is -2.35. The van der Waals surface area contributed by atoms with Crippen molar-refractivity contribution in [2.24, 2.45) is 0 Å². The Morgan fingerprint density at radius 1 is 0.958 bits per heavy atom. The molecule has 0 atom stereocenters. The lowest BCUT2D eigenvalue weighted by atomic mass is 10.1. The number of fused-ring (bicyclic) bond motifs is 1. The molecule has 120 valence electrons. The number of hydrogen-bond acceptors (Lipinski definition) is 3. The van der Waals surface area contributed by atoms with Gasteiger partial charge in [0.15, 0.2) is 0 Å². The molecule has 0 saturated carbocycles. The molecule has 5 nitrogen and oxygen atoms in total. The van der Waals surface area contributed by atoms with Gasteiger partial charge in [0.25, 0.3) is 5.91 Å². The lowest BCUT2D eigenvalue weighted by molar-refractivity contribution is 0.0986. The summed E-state index contributed by atoms with van der Waals surface area (Å²) in [5, 5.41) is 0. The van der Waals surface area contributed by atoms with Crippen LogP contribution < -0.4 is 9.80 Å². The van der Waals surface area contributed by atoms with Crippen LogP contribution in [0.4, 0.5) is 11.4 Å². The summed E-state index contributed by atoms with van der Waals surface area (Å²) in [6, 6.07) is 15.6. The average molecular weight is 318 g/mol. The van der Waals surface area contributed by atoms with Crippen molar-refractivity contribution in [2.45, 2.75) is 0 Å². The Balaban J connectivity index is 1.64. The number of carbonyl (C=O) groups is 1. The molecule has 0 N–H and O–H groups in total. The topological polar surface area (TPSA) is 41.4 Å². The zero-order chi connectivity index (χ0) is 16.5. The normalized spacial score (nSPS) is 13.7. The molecule has 2 aromatic heterocycles. The number of nitrogens with zero attached hydrogens (tertiary/aromatic N) is 4. The monoisotopic (exact) mass is 318 g/mol. The van der Waals surface area contributed by atoms with Crippen molar-refractivity contribution < 1.29 is 4.79 Å². The molecule has 0 bridgehead atoms. The van der Waals surface area contributed by atoms with Gasteiger partial charge in [-0.05, 0) is 36.4 Å². The van der Waals surface area contributed by atoms with Gasteiger partial charge in [0, 0.05) is 38.7 Å². The molecule has 1 aromatic carbocycles. The van der Waals surface area contributed by atoms with E-state index in [-0.39, 0.29) is 5.91 Å². The second-order valence-electron chi connectivity index (χ2n) is 5.86. The van der Waals surface area contributed by atoms with Gasteiger partial charge in [-0.3, -0.25) is 4.79 Å². The standard InChI is InChI=1S/C19H18N4O/c1-21-12-13-23(17-7-3-2-6-16(17)21)19(24)15-8-9-18(20-14-15)22-10-4-5-11-22/h2-11,14H,12-13H2,1H3. The third kappa shape index (κ3) is 2.44. The molecule has 0 fully saturated rings. The molecule has 5 heteroatoms. The number of aromatic nitrogens is 2. The molecule has 3 heterocycles. The van der Waals surface area contributed by atoms with Gasteiger partial charge in [0.1, 0.15) is 5.82 Å². The number of carbonyl (C=O) groups excluding carboxylic acids is 1. The first-order valence-electron chi connectivity index (χ1n) is 7.95. The zero-order valence-electron chi connectivity index (χ0n) is 13.5. The van der Waals surface area contributed by atoms with Crippen LogP contribution in [-0.2, 0) is 0 Å². The second-order valence-corrected chi connectivity index (χ2v) is 5.86. The van der Waals surface area contributed by atoms with E-state index in [4.69, 9.17) is 0 Å². The van der Waals surface area contributed by atoms with E-state index >= 15 is 0 Å².